The Labute approximate surface area is 118 Å². The van der Waals surface area contributed by atoms with Gasteiger partial charge in [-0.25, -0.2) is 0 Å². The smallest absolute Gasteiger partial charge is 0.120 e. The molecule has 0 unspecified atom stereocenters. The molecule has 1 aromatic heterocycles. The highest BCUT2D eigenvalue weighted by Gasteiger charge is 2.07. The molecule has 0 bridgehead atoms. The summed E-state index contributed by atoms with van der Waals surface area (Å²) in [7, 11) is 2.04. The number of hydrogen-bond acceptors (Lipinski definition) is 2. The van der Waals surface area contributed by atoms with E-state index in [2.05, 4.69) is 35.9 Å². The zero-order chi connectivity index (χ0) is 14.1. The second-order valence-electron chi connectivity index (χ2n) is 5.07. The molecule has 0 aliphatic rings. The summed E-state index contributed by atoms with van der Waals surface area (Å²) in [4.78, 5) is 0. The maximum Gasteiger partial charge on any atom is 0.120 e. The van der Waals surface area contributed by atoms with Crippen molar-refractivity contribution in [1.82, 2.24) is 4.57 Å². The molecule has 3 heteroatoms. The van der Waals surface area contributed by atoms with Crippen molar-refractivity contribution in [3.63, 3.8) is 0 Å². The molecule has 3 nitrogen and oxygen atoms in total. The van der Waals surface area contributed by atoms with Crippen LogP contribution in [-0.4, -0.2) is 9.67 Å². The van der Waals surface area contributed by atoms with Crippen LogP contribution >= 0.6 is 0 Å². The summed E-state index contributed by atoms with van der Waals surface area (Å²) in [6, 6.07) is 13.2. The first kappa shape index (κ1) is 12.6. The predicted molar refractivity (Wildman–Crippen MR) is 80.1 cm³/mol. The van der Waals surface area contributed by atoms with Gasteiger partial charge in [0.1, 0.15) is 18.1 Å². The predicted octanol–water partition coefficient (Wildman–Crippen LogP) is 3.77. The molecule has 0 fully saturated rings. The second-order valence-corrected chi connectivity index (χ2v) is 5.07. The number of aromatic nitrogens is 1. The Morgan fingerprint density at radius 2 is 1.85 bits per heavy atom. The van der Waals surface area contributed by atoms with Gasteiger partial charge in [0.25, 0.3) is 0 Å². The Morgan fingerprint density at radius 3 is 2.60 bits per heavy atom. The standard InChI is InChI=1S/C17H17NO2/c1-12-3-8-17-16(9-12)13(10-18(17)2)11-20-15-6-4-14(19)5-7-15/h3-10,19H,11H2,1-2H3. The third-order valence-corrected chi connectivity index (χ3v) is 3.46. The molecule has 0 saturated carbocycles. The molecule has 0 saturated heterocycles. The molecular weight excluding hydrogens is 250 g/mol. The van der Waals surface area contributed by atoms with Crippen LogP contribution < -0.4 is 4.74 Å². The Morgan fingerprint density at radius 1 is 1.10 bits per heavy atom. The van der Waals surface area contributed by atoms with Crippen LogP contribution in [0.3, 0.4) is 0 Å². The molecule has 3 aromatic rings. The normalized spacial score (nSPS) is 10.9. The van der Waals surface area contributed by atoms with Crippen LogP contribution in [0.4, 0.5) is 0 Å². The van der Waals surface area contributed by atoms with Crippen LogP contribution in [0.2, 0.25) is 0 Å². The van der Waals surface area contributed by atoms with Gasteiger partial charge < -0.3 is 14.4 Å². The van der Waals surface area contributed by atoms with E-state index >= 15 is 0 Å². The number of nitrogens with zero attached hydrogens (tertiary/aromatic N) is 1. The first-order chi connectivity index (χ1) is 9.63. The maximum absolute atomic E-state index is 9.26. The van der Waals surface area contributed by atoms with Gasteiger partial charge in [-0.15, -0.1) is 0 Å². The topological polar surface area (TPSA) is 34.4 Å². The molecule has 0 aliphatic carbocycles. The van der Waals surface area contributed by atoms with Crippen LogP contribution in [0.25, 0.3) is 10.9 Å². The molecule has 0 radical (unpaired) electrons. The minimum absolute atomic E-state index is 0.248. The van der Waals surface area contributed by atoms with Crippen LogP contribution in [0.15, 0.2) is 48.7 Å². The van der Waals surface area contributed by atoms with Crippen LogP contribution in [0, 0.1) is 6.92 Å². The third kappa shape index (κ3) is 2.35. The van der Waals surface area contributed by atoms with Gasteiger partial charge in [0.15, 0.2) is 0 Å². The molecule has 1 heterocycles. The van der Waals surface area contributed by atoms with Crippen LogP contribution in [0.1, 0.15) is 11.1 Å². The lowest BCUT2D eigenvalue weighted by Gasteiger charge is -2.05. The van der Waals surface area contributed by atoms with Crippen LogP contribution in [-0.2, 0) is 13.7 Å². The van der Waals surface area contributed by atoms with E-state index in [9.17, 15) is 5.11 Å². The van der Waals surface area contributed by atoms with Crippen molar-refractivity contribution >= 4 is 10.9 Å². The number of hydrogen-bond donors (Lipinski definition) is 1. The first-order valence-corrected chi connectivity index (χ1v) is 6.60. The summed E-state index contributed by atoms with van der Waals surface area (Å²) in [5.41, 5.74) is 3.62. The maximum atomic E-state index is 9.26. The highest BCUT2D eigenvalue weighted by Crippen LogP contribution is 2.24. The third-order valence-electron chi connectivity index (χ3n) is 3.46. The number of aryl methyl sites for hydroxylation is 2. The van der Waals surface area contributed by atoms with E-state index in [0.29, 0.717) is 6.61 Å². The Hall–Kier alpha value is -2.42. The molecule has 0 spiro atoms. The lowest BCUT2D eigenvalue weighted by Crippen LogP contribution is -1.94. The molecule has 0 aliphatic heterocycles. The lowest BCUT2D eigenvalue weighted by atomic mass is 10.1. The second kappa shape index (κ2) is 4.93. The van der Waals surface area contributed by atoms with Gasteiger partial charge in [-0.2, -0.15) is 0 Å². The fourth-order valence-corrected chi connectivity index (χ4v) is 2.41. The summed E-state index contributed by atoms with van der Waals surface area (Å²) < 4.78 is 7.90. The van der Waals surface area contributed by atoms with Crippen molar-refractivity contribution in [2.75, 3.05) is 0 Å². The SMILES string of the molecule is Cc1ccc2c(c1)c(COc1ccc(O)cc1)cn2C. The van der Waals surface area contributed by atoms with E-state index in [4.69, 9.17) is 4.74 Å². The molecule has 0 amide bonds. The van der Waals surface area contributed by atoms with Crippen molar-refractivity contribution < 1.29 is 9.84 Å². The molecule has 2 aromatic carbocycles. The van der Waals surface area contributed by atoms with Crippen molar-refractivity contribution in [2.45, 2.75) is 13.5 Å². The average Bonchev–Trinajstić information content (AvgIpc) is 2.74. The molecule has 20 heavy (non-hydrogen) atoms. The van der Waals surface area contributed by atoms with E-state index in [1.807, 2.05) is 7.05 Å². The largest absolute Gasteiger partial charge is 0.508 e. The van der Waals surface area contributed by atoms with E-state index in [1.54, 1.807) is 24.3 Å². The molecular formula is C17H17NO2. The molecule has 102 valence electrons. The highest BCUT2D eigenvalue weighted by atomic mass is 16.5. The number of aromatic hydroxyl groups is 1. The average molecular weight is 267 g/mol. The number of phenols is 1. The van der Waals surface area contributed by atoms with Gasteiger partial charge >= 0.3 is 0 Å². The van der Waals surface area contributed by atoms with Gasteiger partial charge in [-0.1, -0.05) is 11.6 Å². The number of benzene rings is 2. The summed E-state index contributed by atoms with van der Waals surface area (Å²) in [6.07, 6.45) is 2.10. The van der Waals surface area contributed by atoms with Crippen molar-refractivity contribution in [3.8, 4) is 11.5 Å². The van der Waals surface area contributed by atoms with E-state index in [1.165, 1.54) is 22.0 Å². The van der Waals surface area contributed by atoms with Crippen LogP contribution in [0.5, 0.6) is 11.5 Å². The summed E-state index contributed by atoms with van der Waals surface area (Å²) in [5.74, 6) is 1.01. The van der Waals surface area contributed by atoms with E-state index in [0.717, 1.165) is 5.75 Å². The van der Waals surface area contributed by atoms with Crippen molar-refractivity contribution in [1.29, 1.82) is 0 Å². The lowest BCUT2D eigenvalue weighted by molar-refractivity contribution is 0.307. The van der Waals surface area contributed by atoms with Gasteiger partial charge in [0.2, 0.25) is 0 Å². The number of phenolic OH excluding ortho intramolecular Hbond substituents is 1. The minimum Gasteiger partial charge on any atom is -0.508 e. The Bertz CT molecular complexity index is 742. The van der Waals surface area contributed by atoms with Gasteiger partial charge in [-0.05, 0) is 43.3 Å². The fraction of sp³-hybridized carbons (Fsp3) is 0.176. The van der Waals surface area contributed by atoms with Gasteiger partial charge in [0.05, 0.1) is 0 Å². The molecule has 1 N–H and O–H groups in total. The minimum atomic E-state index is 0.248. The number of fused-ring (bicyclic) bond motifs is 1. The van der Waals surface area contributed by atoms with Crippen molar-refractivity contribution in [3.05, 3.63) is 59.8 Å². The van der Waals surface area contributed by atoms with E-state index < -0.39 is 0 Å². The molecule has 0 atom stereocenters. The monoisotopic (exact) mass is 267 g/mol. The number of rotatable bonds is 3. The van der Waals surface area contributed by atoms with E-state index in [-0.39, 0.29) is 5.75 Å². The van der Waals surface area contributed by atoms with Gasteiger partial charge in [-0.3, -0.25) is 0 Å². The Kier molecular flexibility index (Phi) is 3.11. The summed E-state index contributed by atoms with van der Waals surface area (Å²) in [5, 5.41) is 10.5. The van der Waals surface area contributed by atoms with Crippen molar-refractivity contribution in [2.24, 2.45) is 7.05 Å². The zero-order valence-electron chi connectivity index (χ0n) is 11.6. The molecule has 3 rings (SSSR count). The zero-order valence-corrected chi connectivity index (χ0v) is 11.6. The Balaban J connectivity index is 1.87. The first-order valence-electron chi connectivity index (χ1n) is 6.60. The summed E-state index contributed by atoms with van der Waals surface area (Å²) >= 11 is 0. The highest BCUT2D eigenvalue weighted by molar-refractivity contribution is 5.84. The van der Waals surface area contributed by atoms with Gasteiger partial charge in [0, 0.05) is 29.7 Å². The number of ether oxygens (including phenoxy) is 1. The quantitative estimate of drug-likeness (QED) is 0.783. The fourth-order valence-electron chi connectivity index (χ4n) is 2.41. The summed E-state index contributed by atoms with van der Waals surface area (Å²) in [6.45, 7) is 2.61.